The molecule has 1 heterocycles. The van der Waals surface area contributed by atoms with Gasteiger partial charge in [0.15, 0.2) is 0 Å². The fourth-order valence-corrected chi connectivity index (χ4v) is 8.45. The molecule has 0 aromatic heterocycles. The van der Waals surface area contributed by atoms with Gasteiger partial charge in [-0.2, -0.15) is 0 Å². The number of hydrogen-bond donors (Lipinski definition) is 1. The van der Waals surface area contributed by atoms with E-state index in [9.17, 15) is 9.90 Å². The molecule has 5 aliphatic rings. The van der Waals surface area contributed by atoms with Gasteiger partial charge in [0.05, 0.1) is 5.60 Å². The topological polar surface area (TPSA) is 46.5 Å². The molecular weight excluding hydrogens is 324 g/mol. The van der Waals surface area contributed by atoms with E-state index in [1.807, 2.05) is 0 Å². The maximum absolute atomic E-state index is 11.6. The van der Waals surface area contributed by atoms with Crippen molar-refractivity contribution >= 4 is 5.97 Å². The van der Waals surface area contributed by atoms with Crippen LogP contribution >= 0.6 is 0 Å². The summed E-state index contributed by atoms with van der Waals surface area (Å²) >= 11 is 0. The average molecular weight is 359 g/mol. The number of fused-ring (bicyclic) bond motifs is 5. The number of aliphatic hydroxyl groups is 1. The molecule has 0 amide bonds. The summed E-state index contributed by atoms with van der Waals surface area (Å²) in [6.07, 6.45) is 13.7. The van der Waals surface area contributed by atoms with Gasteiger partial charge < -0.3 is 9.84 Å². The molecule has 0 spiro atoms. The Labute approximate surface area is 157 Å². The van der Waals surface area contributed by atoms with Crippen molar-refractivity contribution in [2.75, 3.05) is 6.61 Å². The first-order valence-corrected chi connectivity index (χ1v) is 11.0. The Morgan fingerprint density at radius 1 is 1.00 bits per heavy atom. The summed E-state index contributed by atoms with van der Waals surface area (Å²) in [5.41, 5.74) is 1.29. The molecule has 0 radical (unpaired) electrons. The standard InChI is InChI=1S/C23H34O3/c1-21-11-8-19-16(7-12-23(25)10-4-3-9-22(19,23)2)18(21)6-5-17(21)15-13-20(24)26-14-15/h13,16-19,25H,3-12,14H2,1-2H3/t16-,17+,18-,19-,21+,22+,23?/m0/s1. The van der Waals surface area contributed by atoms with Crippen LogP contribution in [0.1, 0.15) is 78.1 Å². The van der Waals surface area contributed by atoms with Crippen molar-refractivity contribution in [3.63, 3.8) is 0 Å². The lowest BCUT2D eigenvalue weighted by atomic mass is 9.43. The van der Waals surface area contributed by atoms with Crippen LogP contribution in [-0.2, 0) is 9.53 Å². The summed E-state index contributed by atoms with van der Waals surface area (Å²) < 4.78 is 5.24. The molecule has 26 heavy (non-hydrogen) atoms. The van der Waals surface area contributed by atoms with E-state index in [0.29, 0.717) is 23.9 Å². The number of ether oxygens (including phenoxy) is 1. The van der Waals surface area contributed by atoms with E-state index in [-0.39, 0.29) is 11.4 Å². The van der Waals surface area contributed by atoms with Gasteiger partial charge >= 0.3 is 5.97 Å². The first kappa shape index (κ1) is 17.3. The lowest BCUT2D eigenvalue weighted by Gasteiger charge is -2.63. The molecule has 3 nitrogen and oxygen atoms in total. The van der Waals surface area contributed by atoms with Crippen molar-refractivity contribution < 1.29 is 14.6 Å². The van der Waals surface area contributed by atoms with E-state index in [0.717, 1.165) is 24.7 Å². The van der Waals surface area contributed by atoms with E-state index >= 15 is 0 Å². The molecule has 1 aliphatic heterocycles. The molecule has 0 saturated heterocycles. The van der Waals surface area contributed by atoms with E-state index in [1.165, 1.54) is 56.9 Å². The molecule has 4 saturated carbocycles. The molecule has 0 aromatic rings. The normalized spacial score (nSPS) is 53.3. The second kappa shape index (κ2) is 5.59. The zero-order valence-corrected chi connectivity index (χ0v) is 16.4. The van der Waals surface area contributed by atoms with Gasteiger partial charge in [0.2, 0.25) is 0 Å². The third kappa shape index (κ3) is 2.13. The highest BCUT2D eigenvalue weighted by Crippen LogP contribution is 2.69. The fraction of sp³-hybridized carbons (Fsp3) is 0.870. The number of hydrogen-bond acceptors (Lipinski definition) is 3. The quantitative estimate of drug-likeness (QED) is 0.695. The van der Waals surface area contributed by atoms with E-state index in [1.54, 1.807) is 6.08 Å². The van der Waals surface area contributed by atoms with Crippen LogP contribution < -0.4 is 0 Å². The summed E-state index contributed by atoms with van der Waals surface area (Å²) in [7, 11) is 0. The molecule has 4 fully saturated rings. The smallest absolute Gasteiger partial charge is 0.331 e. The van der Waals surface area contributed by atoms with E-state index in [2.05, 4.69) is 13.8 Å². The molecule has 0 aromatic carbocycles. The van der Waals surface area contributed by atoms with Crippen LogP contribution in [0.3, 0.4) is 0 Å². The van der Waals surface area contributed by atoms with Crippen LogP contribution in [0.5, 0.6) is 0 Å². The zero-order valence-electron chi connectivity index (χ0n) is 16.4. The summed E-state index contributed by atoms with van der Waals surface area (Å²) in [6.45, 7) is 5.45. The minimum absolute atomic E-state index is 0.124. The Hall–Kier alpha value is -0.830. The Balaban J connectivity index is 1.45. The summed E-state index contributed by atoms with van der Waals surface area (Å²) in [4.78, 5) is 11.6. The third-order valence-electron chi connectivity index (χ3n) is 9.88. The molecule has 3 heteroatoms. The van der Waals surface area contributed by atoms with Crippen molar-refractivity contribution in [3.8, 4) is 0 Å². The second-order valence-electron chi connectivity index (χ2n) is 10.6. The lowest BCUT2D eigenvalue weighted by Crippen LogP contribution is -2.61. The van der Waals surface area contributed by atoms with Crippen molar-refractivity contribution in [3.05, 3.63) is 11.6 Å². The highest BCUT2D eigenvalue weighted by Gasteiger charge is 2.63. The summed E-state index contributed by atoms with van der Waals surface area (Å²) in [5.74, 6) is 2.60. The number of esters is 1. The highest BCUT2D eigenvalue weighted by atomic mass is 16.5. The Morgan fingerprint density at radius 2 is 1.81 bits per heavy atom. The maximum Gasteiger partial charge on any atom is 0.331 e. The molecule has 7 atom stereocenters. The monoisotopic (exact) mass is 358 g/mol. The van der Waals surface area contributed by atoms with Gasteiger partial charge in [-0.1, -0.05) is 26.7 Å². The van der Waals surface area contributed by atoms with Crippen LogP contribution in [0.15, 0.2) is 11.6 Å². The van der Waals surface area contributed by atoms with E-state index < -0.39 is 5.60 Å². The molecule has 1 N–H and O–H groups in total. The molecular formula is C23H34O3. The first-order chi connectivity index (χ1) is 12.4. The Kier molecular flexibility index (Phi) is 3.72. The first-order valence-electron chi connectivity index (χ1n) is 11.0. The van der Waals surface area contributed by atoms with Crippen LogP contribution in [0.25, 0.3) is 0 Å². The second-order valence-corrected chi connectivity index (χ2v) is 10.6. The number of cyclic esters (lactones) is 1. The van der Waals surface area contributed by atoms with Crippen LogP contribution in [-0.4, -0.2) is 23.3 Å². The Morgan fingerprint density at radius 3 is 2.58 bits per heavy atom. The van der Waals surface area contributed by atoms with Crippen molar-refractivity contribution in [1.29, 1.82) is 0 Å². The fourth-order valence-electron chi connectivity index (χ4n) is 8.45. The van der Waals surface area contributed by atoms with Gasteiger partial charge in [0.25, 0.3) is 0 Å². The maximum atomic E-state index is 11.6. The lowest BCUT2D eigenvalue weighted by molar-refractivity contribution is -0.203. The summed E-state index contributed by atoms with van der Waals surface area (Å²) in [6, 6.07) is 0. The number of carbonyl (C=O) groups excluding carboxylic acids is 1. The molecule has 144 valence electrons. The highest BCUT2D eigenvalue weighted by molar-refractivity contribution is 5.85. The van der Waals surface area contributed by atoms with Crippen LogP contribution in [0, 0.1) is 34.5 Å². The van der Waals surface area contributed by atoms with Gasteiger partial charge in [0, 0.05) is 6.08 Å². The molecule has 1 unspecified atom stereocenters. The van der Waals surface area contributed by atoms with Crippen molar-refractivity contribution in [2.45, 2.75) is 83.7 Å². The van der Waals surface area contributed by atoms with Gasteiger partial charge in [0.1, 0.15) is 6.61 Å². The number of rotatable bonds is 1. The number of carbonyl (C=O) groups is 1. The third-order valence-corrected chi connectivity index (χ3v) is 9.88. The molecule has 0 bridgehead atoms. The predicted octanol–water partition coefficient (Wildman–Crippen LogP) is 4.63. The van der Waals surface area contributed by atoms with Crippen molar-refractivity contribution in [1.82, 2.24) is 0 Å². The minimum Gasteiger partial charge on any atom is -0.458 e. The largest absolute Gasteiger partial charge is 0.458 e. The SMILES string of the molecule is C[C@]12CC[C@H]3[C@@H](CCC4(O)CCCC[C@]34C)[C@@H]1CC[C@@H]2C1=CC(=O)OC1. The van der Waals surface area contributed by atoms with Gasteiger partial charge in [-0.3, -0.25) is 0 Å². The average Bonchev–Trinajstić information content (AvgIpc) is 3.18. The van der Waals surface area contributed by atoms with Crippen LogP contribution in [0.4, 0.5) is 0 Å². The summed E-state index contributed by atoms with van der Waals surface area (Å²) in [5, 5.41) is 11.5. The zero-order chi connectivity index (χ0) is 18.2. The Bertz CT molecular complexity index is 654. The van der Waals surface area contributed by atoms with Gasteiger partial charge in [-0.25, -0.2) is 4.79 Å². The molecule has 4 aliphatic carbocycles. The van der Waals surface area contributed by atoms with Gasteiger partial charge in [-0.05, 0) is 91.4 Å². The van der Waals surface area contributed by atoms with Crippen LogP contribution in [0.2, 0.25) is 0 Å². The van der Waals surface area contributed by atoms with E-state index in [4.69, 9.17) is 4.74 Å². The van der Waals surface area contributed by atoms with Gasteiger partial charge in [-0.15, -0.1) is 0 Å². The van der Waals surface area contributed by atoms with Crippen molar-refractivity contribution in [2.24, 2.45) is 34.5 Å². The minimum atomic E-state index is -0.410. The predicted molar refractivity (Wildman–Crippen MR) is 100 cm³/mol. The molecule has 5 rings (SSSR count).